The second-order valence-corrected chi connectivity index (χ2v) is 10.2. The molecule has 1 aliphatic rings. The van der Waals surface area contributed by atoms with Gasteiger partial charge in [-0.2, -0.15) is 0 Å². The van der Waals surface area contributed by atoms with Crippen LogP contribution in [-0.2, 0) is 16.1 Å². The number of hydrogen-bond donors (Lipinski definition) is 0. The van der Waals surface area contributed by atoms with Gasteiger partial charge >= 0.3 is 0 Å². The summed E-state index contributed by atoms with van der Waals surface area (Å²) in [5, 5.41) is 2.07. The summed E-state index contributed by atoms with van der Waals surface area (Å²) in [6, 6.07) is 26.1. The first-order valence-corrected chi connectivity index (χ1v) is 13.3. The van der Waals surface area contributed by atoms with Gasteiger partial charge in [0.05, 0.1) is 12.6 Å². The van der Waals surface area contributed by atoms with E-state index in [4.69, 9.17) is 4.74 Å². The summed E-state index contributed by atoms with van der Waals surface area (Å²) < 4.78 is 7.51. The second kappa shape index (κ2) is 11.2. The van der Waals surface area contributed by atoms with Crippen LogP contribution in [0.2, 0.25) is 0 Å². The summed E-state index contributed by atoms with van der Waals surface area (Å²) in [5.74, 6) is 0.201. The summed E-state index contributed by atoms with van der Waals surface area (Å²) >= 11 is 0. The molecule has 5 rings (SSSR count). The van der Waals surface area contributed by atoms with Crippen LogP contribution in [0.5, 0.6) is 0 Å². The highest BCUT2D eigenvalue weighted by molar-refractivity contribution is 6.00. The number of aromatic nitrogens is 1. The lowest BCUT2D eigenvalue weighted by atomic mass is 9.95. The topological polar surface area (TPSA) is 54.8 Å². The van der Waals surface area contributed by atoms with E-state index >= 15 is 0 Å². The first-order chi connectivity index (χ1) is 18.5. The fourth-order valence-corrected chi connectivity index (χ4v) is 5.28. The Hall–Kier alpha value is -3.90. The molecule has 0 fully saturated rings. The molecule has 6 nitrogen and oxygen atoms in total. The Labute approximate surface area is 224 Å². The van der Waals surface area contributed by atoms with Crippen molar-refractivity contribution in [3.63, 3.8) is 0 Å². The van der Waals surface area contributed by atoms with Crippen molar-refractivity contribution in [3.05, 3.63) is 107 Å². The van der Waals surface area contributed by atoms with Crippen molar-refractivity contribution < 1.29 is 14.3 Å². The lowest BCUT2D eigenvalue weighted by Crippen LogP contribution is -2.48. The van der Waals surface area contributed by atoms with Crippen molar-refractivity contribution in [2.45, 2.75) is 32.4 Å². The third-order valence-electron chi connectivity index (χ3n) is 7.45. The van der Waals surface area contributed by atoms with Crippen molar-refractivity contribution in [2.75, 3.05) is 33.4 Å². The molecule has 0 saturated carbocycles. The van der Waals surface area contributed by atoms with Crippen LogP contribution < -0.4 is 0 Å². The second-order valence-electron chi connectivity index (χ2n) is 10.2. The van der Waals surface area contributed by atoms with E-state index in [1.807, 2.05) is 53.4 Å². The average molecular weight is 510 g/mol. The molecule has 38 heavy (non-hydrogen) atoms. The van der Waals surface area contributed by atoms with E-state index in [2.05, 4.69) is 54.9 Å². The molecule has 0 spiro atoms. The number of amides is 2. The Bertz CT molecular complexity index is 1420. The van der Waals surface area contributed by atoms with E-state index < -0.39 is 0 Å². The molecule has 0 unspecified atom stereocenters. The summed E-state index contributed by atoms with van der Waals surface area (Å²) in [6.07, 6.45) is 2.07. The lowest BCUT2D eigenvalue weighted by molar-refractivity contribution is -0.134. The number of fused-ring (bicyclic) bond motifs is 2. The van der Waals surface area contributed by atoms with Crippen LogP contribution >= 0.6 is 0 Å². The van der Waals surface area contributed by atoms with Gasteiger partial charge in [-0.3, -0.25) is 9.59 Å². The molecular weight excluding hydrogens is 474 g/mol. The smallest absolute Gasteiger partial charge is 0.254 e. The van der Waals surface area contributed by atoms with Gasteiger partial charge in [-0.25, -0.2) is 0 Å². The molecule has 0 saturated heterocycles. The Morgan fingerprint density at radius 2 is 1.71 bits per heavy atom. The number of nitrogens with zero attached hydrogens (tertiary/aromatic N) is 3. The van der Waals surface area contributed by atoms with Crippen LogP contribution in [0.15, 0.2) is 85.1 Å². The zero-order valence-electron chi connectivity index (χ0n) is 22.3. The zero-order chi connectivity index (χ0) is 26.6. The Morgan fingerprint density at radius 1 is 0.947 bits per heavy atom. The molecule has 0 aliphatic carbocycles. The number of hydrogen-bond acceptors (Lipinski definition) is 3. The van der Waals surface area contributed by atoms with Crippen molar-refractivity contribution in [1.82, 2.24) is 14.4 Å². The maximum atomic E-state index is 13.9. The molecule has 1 aliphatic heterocycles. The monoisotopic (exact) mass is 509 g/mol. The molecular formula is C32H35N3O3. The summed E-state index contributed by atoms with van der Waals surface area (Å²) in [6.45, 7) is 6.36. The molecule has 0 radical (unpaired) electrons. The molecule has 1 atom stereocenters. The van der Waals surface area contributed by atoms with Crippen LogP contribution in [0.25, 0.3) is 10.8 Å². The zero-order valence-corrected chi connectivity index (χ0v) is 22.3. The Morgan fingerprint density at radius 3 is 2.45 bits per heavy atom. The number of methoxy groups -OCH3 is 1. The van der Waals surface area contributed by atoms with Crippen LogP contribution in [0.4, 0.5) is 0 Å². The third-order valence-corrected chi connectivity index (χ3v) is 7.45. The van der Waals surface area contributed by atoms with E-state index in [-0.39, 0.29) is 24.4 Å². The normalized spacial score (nSPS) is 15.1. The predicted molar refractivity (Wildman–Crippen MR) is 150 cm³/mol. The molecule has 3 aromatic carbocycles. The van der Waals surface area contributed by atoms with E-state index in [1.165, 1.54) is 5.56 Å². The SMILES string of the molecule is COCCN(CC(=O)N1CCn2cccc2[C@@H]1c1ccc(C(C)C)cc1)C(=O)c1ccc2ccccc2c1. The van der Waals surface area contributed by atoms with Gasteiger partial charge in [-0.05, 0) is 52.1 Å². The van der Waals surface area contributed by atoms with Gasteiger partial charge in [0.1, 0.15) is 6.54 Å². The molecule has 6 heteroatoms. The van der Waals surface area contributed by atoms with Gasteiger partial charge in [0.25, 0.3) is 5.91 Å². The minimum atomic E-state index is -0.201. The summed E-state index contributed by atoms with van der Waals surface area (Å²) in [5.41, 5.74) is 4.00. The number of ether oxygens (including phenoxy) is 1. The molecule has 0 bridgehead atoms. The minimum Gasteiger partial charge on any atom is -0.383 e. The van der Waals surface area contributed by atoms with E-state index in [9.17, 15) is 9.59 Å². The lowest BCUT2D eigenvalue weighted by Gasteiger charge is -2.38. The number of carbonyl (C=O) groups is 2. The average Bonchev–Trinajstić information content (AvgIpc) is 3.43. The molecule has 196 valence electrons. The Kier molecular flexibility index (Phi) is 7.61. The minimum absolute atomic E-state index is 0.00366. The fourth-order valence-electron chi connectivity index (χ4n) is 5.28. The molecule has 2 amide bonds. The van der Waals surface area contributed by atoms with Crippen LogP contribution in [0.1, 0.15) is 53.0 Å². The standard InChI is InChI=1S/C32H35N3O3/c1-23(2)24-10-13-26(14-11-24)31-29-9-6-16-33(29)17-18-35(31)30(36)22-34(19-20-38-3)32(37)28-15-12-25-7-4-5-8-27(25)21-28/h4-16,21,23,31H,17-20,22H2,1-3H3/t31-/m0/s1. The van der Waals surface area contributed by atoms with E-state index in [0.29, 0.717) is 31.2 Å². The van der Waals surface area contributed by atoms with Gasteiger partial charge < -0.3 is 19.1 Å². The summed E-state index contributed by atoms with van der Waals surface area (Å²) in [7, 11) is 1.61. The maximum absolute atomic E-state index is 13.9. The number of carbonyl (C=O) groups excluding carboxylic acids is 2. The Balaban J connectivity index is 1.42. The highest BCUT2D eigenvalue weighted by Crippen LogP contribution is 2.33. The van der Waals surface area contributed by atoms with Gasteiger partial charge in [-0.1, -0.05) is 68.4 Å². The van der Waals surface area contributed by atoms with Crippen molar-refractivity contribution >= 4 is 22.6 Å². The number of benzene rings is 3. The quantitative estimate of drug-likeness (QED) is 0.316. The van der Waals surface area contributed by atoms with Gasteiger partial charge in [0, 0.05) is 44.2 Å². The highest BCUT2D eigenvalue weighted by Gasteiger charge is 2.33. The van der Waals surface area contributed by atoms with Crippen molar-refractivity contribution in [3.8, 4) is 0 Å². The molecule has 0 N–H and O–H groups in total. The molecule has 2 heterocycles. The highest BCUT2D eigenvalue weighted by atomic mass is 16.5. The van der Waals surface area contributed by atoms with Crippen LogP contribution in [-0.4, -0.2) is 59.5 Å². The van der Waals surface area contributed by atoms with Crippen molar-refractivity contribution in [2.24, 2.45) is 0 Å². The largest absolute Gasteiger partial charge is 0.383 e. The molecule has 1 aromatic heterocycles. The predicted octanol–water partition coefficient (Wildman–Crippen LogP) is 5.49. The van der Waals surface area contributed by atoms with E-state index in [0.717, 1.165) is 28.6 Å². The van der Waals surface area contributed by atoms with Gasteiger partial charge in [0.15, 0.2) is 0 Å². The van der Waals surface area contributed by atoms with E-state index in [1.54, 1.807) is 12.0 Å². The number of rotatable bonds is 8. The first kappa shape index (κ1) is 25.7. The first-order valence-electron chi connectivity index (χ1n) is 13.3. The third kappa shape index (κ3) is 5.22. The van der Waals surface area contributed by atoms with Gasteiger partial charge in [0.2, 0.25) is 5.91 Å². The van der Waals surface area contributed by atoms with Crippen molar-refractivity contribution in [1.29, 1.82) is 0 Å². The summed E-state index contributed by atoms with van der Waals surface area (Å²) in [4.78, 5) is 31.0. The fraction of sp³-hybridized carbons (Fsp3) is 0.312. The van der Waals surface area contributed by atoms with Crippen LogP contribution in [0.3, 0.4) is 0 Å². The van der Waals surface area contributed by atoms with Crippen LogP contribution in [0, 0.1) is 0 Å². The maximum Gasteiger partial charge on any atom is 0.254 e. The van der Waals surface area contributed by atoms with Gasteiger partial charge in [-0.15, -0.1) is 0 Å². The molecule has 4 aromatic rings.